The Bertz CT molecular complexity index is 4820. The zero-order chi connectivity index (χ0) is 49.8. The normalized spacial score (nSPS) is 12.4. The Labute approximate surface area is 433 Å². The van der Waals surface area contributed by atoms with E-state index in [0.29, 0.717) is 0 Å². The second kappa shape index (κ2) is 16.4. The zero-order valence-corrected chi connectivity index (χ0v) is 40.4. The van der Waals surface area contributed by atoms with Crippen LogP contribution in [-0.2, 0) is 0 Å². The zero-order valence-electron chi connectivity index (χ0n) is 40.4. The van der Waals surface area contributed by atoms with E-state index in [9.17, 15) is 0 Å². The van der Waals surface area contributed by atoms with Gasteiger partial charge < -0.3 is 19.9 Å². The molecule has 4 aliphatic rings. The van der Waals surface area contributed by atoms with Crippen LogP contribution in [0.4, 0.5) is 0 Å². The van der Waals surface area contributed by atoms with Gasteiger partial charge in [-0.25, -0.2) is 19.9 Å². The number of allylic oxidation sites excluding steroid dienone is 2. The van der Waals surface area contributed by atoms with Gasteiger partial charge in [0, 0.05) is 109 Å². The van der Waals surface area contributed by atoms with Crippen molar-refractivity contribution in [2.75, 3.05) is 0 Å². The average molecular weight is 967 g/mol. The van der Waals surface area contributed by atoms with Gasteiger partial charge in [-0.1, -0.05) is 157 Å². The van der Waals surface area contributed by atoms with E-state index >= 15 is 0 Å². The van der Waals surface area contributed by atoms with Crippen molar-refractivity contribution in [2.24, 2.45) is 0 Å². The van der Waals surface area contributed by atoms with Gasteiger partial charge in [-0.3, -0.25) is 0 Å². The molecule has 12 aromatic rings. The average Bonchev–Trinajstić information content (AvgIpc) is 4.39. The maximum absolute atomic E-state index is 5.25. The molecule has 0 fully saturated rings. The topological polar surface area (TPSA) is 115 Å². The number of nitrogens with one attached hydrogen (secondary N) is 4. The van der Waals surface area contributed by atoms with E-state index in [0.717, 1.165) is 166 Å². The van der Waals surface area contributed by atoms with E-state index in [1.165, 1.54) is 0 Å². The maximum Gasteiger partial charge on any atom is 0.0815 e. The van der Waals surface area contributed by atoms with Gasteiger partial charge in [-0.15, -0.1) is 0 Å². The molecule has 0 amide bonds. The van der Waals surface area contributed by atoms with E-state index in [1.54, 1.807) is 0 Å². The molecule has 16 rings (SSSR count). The summed E-state index contributed by atoms with van der Waals surface area (Å²) in [5, 5.41) is 8.73. The molecular weight excluding hydrogens is 929 g/mol. The Hall–Kier alpha value is -10.8. The second-order valence-electron chi connectivity index (χ2n) is 19.5. The van der Waals surface area contributed by atoms with Gasteiger partial charge in [0.05, 0.1) is 56.7 Å². The van der Waals surface area contributed by atoms with Gasteiger partial charge >= 0.3 is 0 Å². The molecule has 16 bridgehead atoms. The molecule has 6 aromatic heterocycles. The highest BCUT2D eigenvalue weighted by Crippen LogP contribution is 2.40. The quantitative estimate of drug-likeness (QED) is 0.113. The molecule has 76 heavy (non-hydrogen) atoms. The fourth-order valence-electron chi connectivity index (χ4n) is 11.4. The van der Waals surface area contributed by atoms with E-state index < -0.39 is 0 Å². The third-order valence-electron chi connectivity index (χ3n) is 14.9. The summed E-state index contributed by atoms with van der Waals surface area (Å²) < 4.78 is 0. The summed E-state index contributed by atoms with van der Waals surface area (Å²) >= 11 is 0. The molecule has 0 radical (unpaired) electrons. The number of H-pyrrole nitrogens is 4. The molecule has 0 saturated carbocycles. The first-order valence-corrected chi connectivity index (χ1v) is 25.3. The maximum atomic E-state index is 5.25. The van der Waals surface area contributed by atoms with Crippen LogP contribution in [0.5, 0.6) is 0 Å². The number of fused-ring (bicyclic) bond motifs is 34. The van der Waals surface area contributed by atoms with Gasteiger partial charge in [0.25, 0.3) is 0 Å². The van der Waals surface area contributed by atoms with Crippen molar-refractivity contribution in [3.8, 4) is 68.7 Å². The Kier molecular flexibility index (Phi) is 8.99. The number of hydrogen-bond donors (Lipinski definition) is 4. The minimum absolute atomic E-state index is 0.736. The summed E-state index contributed by atoms with van der Waals surface area (Å²) in [5.74, 6) is 13.3. The van der Waals surface area contributed by atoms with Crippen molar-refractivity contribution in [1.29, 1.82) is 0 Å². The number of hydrogen-bond acceptors (Lipinski definition) is 4. The Morgan fingerprint density at radius 2 is 0.487 bits per heavy atom. The number of benzene rings is 6. The molecule has 6 aromatic carbocycles. The summed E-state index contributed by atoms with van der Waals surface area (Å²) in [6.45, 7) is 0. The van der Waals surface area contributed by atoms with Gasteiger partial charge in [0.1, 0.15) is 0 Å². The largest absolute Gasteiger partial charge is 0.354 e. The van der Waals surface area contributed by atoms with E-state index in [2.05, 4.69) is 238 Å². The molecule has 0 atom stereocenters. The minimum Gasteiger partial charge on any atom is -0.354 e. The number of rotatable bonds is 0. The van der Waals surface area contributed by atoms with Crippen LogP contribution in [0.15, 0.2) is 194 Å². The Balaban J connectivity index is 0.876. The molecule has 4 aliphatic heterocycles. The van der Waals surface area contributed by atoms with Crippen LogP contribution < -0.4 is 0 Å². The van der Waals surface area contributed by atoms with Crippen molar-refractivity contribution in [2.45, 2.75) is 0 Å². The second-order valence-corrected chi connectivity index (χ2v) is 19.5. The van der Waals surface area contributed by atoms with Crippen molar-refractivity contribution < 1.29 is 0 Å². The molecule has 8 nitrogen and oxygen atoms in total. The predicted octanol–water partition coefficient (Wildman–Crippen LogP) is 16.0. The highest BCUT2D eigenvalue weighted by atomic mass is 14.8. The monoisotopic (exact) mass is 966 g/mol. The van der Waals surface area contributed by atoms with Crippen molar-refractivity contribution in [3.63, 3.8) is 0 Å². The Morgan fingerprint density at radius 3 is 0.763 bits per heavy atom. The highest BCUT2D eigenvalue weighted by Gasteiger charge is 2.20. The van der Waals surface area contributed by atoms with E-state index in [1.807, 2.05) is 12.2 Å². The fraction of sp³-hybridized carbons (Fsp3) is 0. The number of nitrogens with zero attached hydrogens (tertiary/aromatic N) is 4. The highest BCUT2D eigenvalue weighted by molar-refractivity contribution is 6.12. The predicted molar refractivity (Wildman–Crippen MR) is 312 cm³/mol. The first kappa shape index (κ1) is 41.8. The molecular formula is C68H38N8. The summed E-state index contributed by atoms with van der Waals surface area (Å²) in [7, 11) is 0. The third-order valence-corrected chi connectivity index (χ3v) is 14.9. The summed E-state index contributed by atoms with van der Waals surface area (Å²) in [4.78, 5) is 35.9. The van der Waals surface area contributed by atoms with Crippen molar-refractivity contribution >= 4 is 111 Å². The van der Waals surface area contributed by atoms with Crippen LogP contribution in [0, 0.1) is 23.7 Å². The summed E-state index contributed by atoms with van der Waals surface area (Å²) in [6.07, 6.45) is 4.10. The number of aromatic amines is 4. The van der Waals surface area contributed by atoms with Crippen molar-refractivity contribution in [3.05, 3.63) is 217 Å². The SMILES string of the molecule is C(C#CC1=Cc2cc3[nH]c(cc4nc(cc5[nH]c(cc1n2)c1ccccc51)-c1ccccc1-4)c1ccccc31)#CC1=Cc2cc3[nH]c(cc4nc(cc5[nH]c(cc1n2)c1ccccc51)-c1ccccc1-4)c1ccccc31. The van der Waals surface area contributed by atoms with Gasteiger partial charge in [-0.05, 0) is 72.5 Å². The van der Waals surface area contributed by atoms with Crippen LogP contribution in [0.25, 0.3) is 156 Å². The van der Waals surface area contributed by atoms with Gasteiger partial charge in [-0.2, -0.15) is 0 Å². The Morgan fingerprint density at radius 1 is 0.250 bits per heavy atom. The van der Waals surface area contributed by atoms with Crippen LogP contribution in [0.3, 0.4) is 0 Å². The molecule has 0 unspecified atom stereocenters. The lowest BCUT2D eigenvalue weighted by Crippen LogP contribution is -1.79. The third kappa shape index (κ3) is 6.76. The van der Waals surface area contributed by atoms with Crippen molar-refractivity contribution in [1.82, 2.24) is 39.9 Å². The molecule has 350 valence electrons. The van der Waals surface area contributed by atoms with Crippen LogP contribution in [0.1, 0.15) is 22.8 Å². The molecule has 0 aliphatic carbocycles. The molecule has 4 N–H and O–H groups in total. The summed E-state index contributed by atoms with van der Waals surface area (Å²) in [6, 6.07) is 67.7. The summed E-state index contributed by atoms with van der Waals surface area (Å²) in [5.41, 5.74) is 20.2. The lowest BCUT2D eigenvalue weighted by molar-refractivity contribution is 1.31. The van der Waals surface area contributed by atoms with Crippen LogP contribution in [0.2, 0.25) is 0 Å². The van der Waals surface area contributed by atoms with E-state index in [4.69, 9.17) is 19.9 Å². The lowest BCUT2D eigenvalue weighted by atomic mass is 10.0. The van der Waals surface area contributed by atoms with E-state index in [-0.39, 0.29) is 0 Å². The lowest BCUT2D eigenvalue weighted by Gasteiger charge is -1.97. The van der Waals surface area contributed by atoms with Crippen LogP contribution in [-0.4, -0.2) is 39.9 Å². The van der Waals surface area contributed by atoms with Gasteiger partial charge in [0.15, 0.2) is 0 Å². The molecule has 10 heterocycles. The number of aromatic nitrogens is 8. The standard InChI is InChI=1S/C68H38N8/c1(15-39-29-41-31-57-43-17-3-5-19-45(43)61(71-57)35-65-51-25-11-13-27-53(51)67(75-65)37-63-49-23-9-7-21-47(49)59(73-63)33-55(39)69-41)2-16-40-30-42-32-58-44-18-4-6-20-46(44)62(72-58)36-66-52-26-12-14-28-54(52)68(76-66)38-64-50-24-10-8-22-48(50)60(74-64)34-56(40)70-42/h3-14,17-38,71-74H. The molecule has 0 saturated heterocycles. The van der Waals surface area contributed by atoms with Crippen LogP contribution >= 0.6 is 0 Å². The smallest absolute Gasteiger partial charge is 0.0815 e. The molecule has 0 spiro atoms. The first-order valence-electron chi connectivity index (χ1n) is 25.3. The molecule has 8 heteroatoms. The minimum atomic E-state index is 0.736. The fourth-order valence-corrected chi connectivity index (χ4v) is 11.4. The van der Waals surface area contributed by atoms with Gasteiger partial charge in [0.2, 0.25) is 0 Å². The first-order chi connectivity index (χ1) is 37.6.